The van der Waals surface area contributed by atoms with Crippen molar-refractivity contribution in [2.75, 3.05) is 28.7 Å². The maximum atomic E-state index is 12.7. The molecule has 1 aliphatic rings. The highest BCUT2D eigenvalue weighted by molar-refractivity contribution is 6.06. The fourth-order valence-corrected chi connectivity index (χ4v) is 3.46. The quantitative estimate of drug-likeness (QED) is 0.509. The summed E-state index contributed by atoms with van der Waals surface area (Å²) in [4.78, 5) is 26.8. The number of carbonyl (C=O) groups excluding carboxylic acids is 2. The van der Waals surface area contributed by atoms with E-state index < -0.39 is 0 Å². The number of amides is 3. The van der Waals surface area contributed by atoms with Crippen LogP contribution in [0.4, 0.5) is 21.9 Å². The Morgan fingerprint density at radius 2 is 1.84 bits per heavy atom. The molecule has 0 unspecified atom stereocenters. The van der Waals surface area contributed by atoms with E-state index in [0.717, 1.165) is 36.3 Å². The normalized spacial score (nSPS) is 12.4. The fraction of sp³-hybridized carbons (Fsp3) is 0.250. The molecule has 3 amide bonds. The topological polar surface area (TPSA) is 83.8 Å². The van der Waals surface area contributed by atoms with Gasteiger partial charge in [-0.2, -0.15) is 0 Å². The molecule has 2 N–H and O–H groups in total. The lowest BCUT2D eigenvalue weighted by molar-refractivity contribution is 0.0963. The highest BCUT2D eigenvalue weighted by atomic mass is 16.5. The Bertz CT molecular complexity index is 1050. The standard InChI is InChI=1S/C24H25N3O4/c1-2-3-14-30-20-10-8-18(9-11-20)25-24(29)26-19-7-6-17-12-13-27(21(17)16-19)23(28)22-5-4-15-31-22/h4-11,15-16H,2-3,12-14H2,1H3,(H2,25,26,29). The van der Waals surface area contributed by atoms with Gasteiger partial charge in [-0.3, -0.25) is 4.79 Å². The van der Waals surface area contributed by atoms with Gasteiger partial charge in [0.15, 0.2) is 5.76 Å². The first-order valence-electron chi connectivity index (χ1n) is 10.4. The molecule has 0 spiro atoms. The van der Waals surface area contributed by atoms with Crippen LogP contribution in [0.5, 0.6) is 5.75 Å². The van der Waals surface area contributed by atoms with Gasteiger partial charge < -0.3 is 24.7 Å². The summed E-state index contributed by atoms with van der Waals surface area (Å²) in [5.74, 6) is 0.886. The number of furan rings is 1. The van der Waals surface area contributed by atoms with Crippen LogP contribution in [0.3, 0.4) is 0 Å². The van der Waals surface area contributed by atoms with Crippen LogP contribution in [0, 0.1) is 0 Å². The second kappa shape index (κ2) is 9.38. The number of ether oxygens (including phenoxy) is 1. The Hall–Kier alpha value is -3.74. The molecule has 1 aromatic heterocycles. The number of benzene rings is 2. The van der Waals surface area contributed by atoms with E-state index in [2.05, 4.69) is 17.6 Å². The van der Waals surface area contributed by atoms with E-state index in [-0.39, 0.29) is 11.9 Å². The van der Waals surface area contributed by atoms with Crippen LogP contribution >= 0.6 is 0 Å². The Balaban J connectivity index is 1.38. The van der Waals surface area contributed by atoms with E-state index in [1.54, 1.807) is 29.2 Å². The maximum Gasteiger partial charge on any atom is 0.323 e. The van der Waals surface area contributed by atoms with E-state index >= 15 is 0 Å². The van der Waals surface area contributed by atoms with Gasteiger partial charge in [0, 0.05) is 23.6 Å². The molecule has 7 nitrogen and oxygen atoms in total. The van der Waals surface area contributed by atoms with Gasteiger partial charge in [0.25, 0.3) is 5.91 Å². The SMILES string of the molecule is CCCCOc1ccc(NC(=O)Nc2ccc3c(c2)N(C(=O)c2ccco2)CC3)cc1. The van der Waals surface area contributed by atoms with Gasteiger partial charge in [-0.05, 0) is 66.9 Å². The van der Waals surface area contributed by atoms with Crippen LogP contribution in [0.2, 0.25) is 0 Å². The van der Waals surface area contributed by atoms with Crippen LogP contribution in [0.15, 0.2) is 65.3 Å². The molecule has 160 valence electrons. The molecular weight excluding hydrogens is 394 g/mol. The van der Waals surface area contributed by atoms with Crippen LogP contribution < -0.4 is 20.3 Å². The molecule has 4 rings (SSSR count). The largest absolute Gasteiger partial charge is 0.494 e. The minimum absolute atomic E-state index is 0.188. The van der Waals surface area contributed by atoms with Crippen LogP contribution in [-0.4, -0.2) is 25.1 Å². The van der Waals surface area contributed by atoms with Gasteiger partial charge >= 0.3 is 6.03 Å². The summed E-state index contributed by atoms with van der Waals surface area (Å²) in [7, 11) is 0. The lowest BCUT2D eigenvalue weighted by Crippen LogP contribution is -2.28. The van der Waals surface area contributed by atoms with Crippen molar-refractivity contribution in [3.63, 3.8) is 0 Å². The molecule has 0 fully saturated rings. The molecule has 3 aromatic rings. The molecule has 0 bridgehead atoms. The van der Waals surface area contributed by atoms with E-state index in [9.17, 15) is 9.59 Å². The number of fused-ring (bicyclic) bond motifs is 1. The van der Waals surface area contributed by atoms with Gasteiger partial charge in [0.2, 0.25) is 0 Å². The van der Waals surface area contributed by atoms with E-state index in [1.807, 2.05) is 30.3 Å². The van der Waals surface area contributed by atoms with Gasteiger partial charge in [0.05, 0.1) is 12.9 Å². The molecule has 7 heteroatoms. The summed E-state index contributed by atoms with van der Waals surface area (Å²) < 4.78 is 10.9. The third-order valence-electron chi connectivity index (χ3n) is 5.09. The molecule has 2 aromatic carbocycles. The van der Waals surface area contributed by atoms with Crippen molar-refractivity contribution in [2.45, 2.75) is 26.2 Å². The number of hydrogen-bond acceptors (Lipinski definition) is 4. The Labute approximate surface area is 181 Å². The molecule has 0 radical (unpaired) electrons. The first-order chi connectivity index (χ1) is 15.1. The van der Waals surface area contributed by atoms with E-state index in [1.165, 1.54) is 6.26 Å². The first kappa shape index (κ1) is 20.5. The van der Waals surface area contributed by atoms with Crippen molar-refractivity contribution in [1.82, 2.24) is 0 Å². The third-order valence-corrected chi connectivity index (χ3v) is 5.09. The maximum absolute atomic E-state index is 12.7. The second-order valence-electron chi connectivity index (χ2n) is 7.33. The molecule has 0 atom stereocenters. The number of carbonyl (C=O) groups is 2. The molecule has 0 saturated carbocycles. The number of urea groups is 1. The molecule has 31 heavy (non-hydrogen) atoms. The monoisotopic (exact) mass is 419 g/mol. The van der Waals surface area contributed by atoms with Crippen molar-refractivity contribution < 1.29 is 18.7 Å². The summed E-state index contributed by atoms with van der Waals surface area (Å²) >= 11 is 0. The van der Waals surface area contributed by atoms with E-state index in [4.69, 9.17) is 9.15 Å². The summed E-state index contributed by atoms with van der Waals surface area (Å²) in [5, 5.41) is 5.64. The molecule has 0 aliphatic carbocycles. The number of anilines is 3. The van der Waals surface area contributed by atoms with Gasteiger partial charge in [-0.25, -0.2) is 4.79 Å². The zero-order chi connectivity index (χ0) is 21.6. The summed E-state index contributed by atoms with van der Waals surface area (Å²) in [6, 6.07) is 15.8. The van der Waals surface area contributed by atoms with Gasteiger partial charge in [-0.1, -0.05) is 19.4 Å². The van der Waals surface area contributed by atoms with Gasteiger partial charge in [0.1, 0.15) is 5.75 Å². The second-order valence-corrected chi connectivity index (χ2v) is 7.33. The predicted molar refractivity (Wildman–Crippen MR) is 120 cm³/mol. The average Bonchev–Trinajstić information content (AvgIpc) is 3.45. The lowest BCUT2D eigenvalue weighted by Gasteiger charge is -2.17. The summed E-state index contributed by atoms with van der Waals surface area (Å²) in [6.45, 7) is 3.38. The minimum atomic E-state index is -0.360. The van der Waals surface area contributed by atoms with Crippen molar-refractivity contribution in [3.05, 3.63) is 72.2 Å². The Morgan fingerprint density at radius 1 is 1.06 bits per heavy atom. The van der Waals surface area contributed by atoms with Crippen LogP contribution in [0.25, 0.3) is 0 Å². The highest BCUT2D eigenvalue weighted by Crippen LogP contribution is 2.32. The van der Waals surface area contributed by atoms with Crippen molar-refractivity contribution in [3.8, 4) is 5.75 Å². The molecular formula is C24H25N3O4. The zero-order valence-corrected chi connectivity index (χ0v) is 17.4. The minimum Gasteiger partial charge on any atom is -0.494 e. The average molecular weight is 419 g/mol. The lowest BCUT2D eigenvalue weighted by atomic mass is 10.1. The number of nitrogens with zero attached hydrogens (tertiary/aromatic N) is 1. The van der Waals surface area contributed by atoms with Crippen LogP contribution in [-0.2, 0) is 6.42 Å². The van der Waals surface area contributed by atoms with Crippen molar-refractivity contribution in [2.24, 2.45) is 0 Å². The highest BCUT2D eigenvalue weighted by Gasteiger charge is 2.27. The summed E-state index contributed by atoms with van der Waals surface area (Å²) in [6.07, 6.45) is 4.34. The van der Waals surface area contributed by atoms with Gasteiger partial charge in [-0.15, -0.1) is 0 Å². The van der Waals surface area contributed by atoms with Crippen molar-refractivity contribution >= 4 is 29.0 Å². The predicted octanol–water partition coefficient (Wildman–Crippen LogP) is 5.31. The third kappa shape index (κ3) is 4.88. The van der Waals surface area contributed by atoms with Crippen molar-refractivity contribution in [1.29, 1.82) is 0 Å². The number of unbranched alkanes of at least 4 members (excludes halogenated alkanes) is 1. The van der Waals surface area contributed by atoms with E-state index in [0.29, 0.717) is 30.3 Å². The number of hydrogen-bond donors (Lipinski definition) is 2. The van der Waals surface area contributed by atoms with Crippen LogP contribution in [0.1, 0.15) is 35.9 Å². The molecule has 0 saturated heterocycles. The Morgan fingerprint density at radius 3 is 2.58 bits per heavy atom. The molecule has 2 heterocycles. The Kier molecular flexibility index (Phi) is 6.21. The molecule has 1 aliphatic heterocycles. The summed E-state index contributed by atoms with van der Waals surface area (Å²) in [5.41, 5.74) is 3.11. The number of rotatable bonds is 7. The fourth-order valence-electron chi connectivity index (χ4n) is 3.46. The first-order valence-corrected chi connectivity index (χ1v) is 10.4. The smallest absolute Gasteiger partial charge is 0.323 e. The zero-order valence-electron chi connectivity index (χ0n) is 17.4. The number of nitrogens with one attached hydrogen (secondary N) is 2.